The van der Waals surface area contributed by atoms with Crippen LogP contribution in [0.3, 0.4) is 0 Å². The molecule has 0 saturated carbocycles. The number of nitrogens with one attached hydrogen (secondary N) is 1. The van der Waals surface area contributed by atoms with E-state index >= 15 is 0 Å². The second kappa shape index (κ2) is 10.0. The molecule has 1 amide bonds. The van der Waals surface area contributed by atoms with E-state index in [1.807, 2.05) is 0 Å². The fourth-order valence-electron chi connectivity index (χ4n) is 2.93. The quantitative estimate of drug-likeness (QED) is 0.369. The van der Waals surface area contributed by atoms with E-state index < -0.39 is 10.7 Å². The zero-order valence-electron chi connectivity index (χ0n) is 17.2. The summed E-state index contributed by atoms with van der Waals surface area (Å²) < 4.78 is 21.9. The van der Waals surface area contributed by atoms with Gasteiger partial charge in [-0.2, -0.15) is 5.10 Å². The SMILES string of the molecule is COc1cc(/C=N\NC(=O)CC2(C)OCCO2)ccc1OCc1ccc([N+](=O)[O-])cc1. The number of amides is 1. The second-order valence-corrected chi connectivity index (χ2v) is 6.92. The average Bonchev–Trinajstić information content (AvgIpc) is 3.18. The Balaban J connectivity index is 1.55. The van der Waals surface area contributed by atoms with Gasteiger partial charge in [0.05, 0.1) is 37.9 Å². The van der Waals surface area contributed by atoms with Crippen molar-refractivity contribution in [2.24, 2.45) is 5.10 Å². The van der Waals surface area contributed by atoms with Gasteiger partial charge in [-0.05, 0) is 48.4 Å². The first-order chi connectivity index (χ1) is 14.9. The molecule has 1 aliphatic heterocycles. The Morgan fingerprint density at radius 3 is 2.58 bits per heavy atom. The molecule has 31 heavy (non-hydrogen) atoms. The summed E-state index contributed by atoms with van der Waals surface area (Å²) in [6.45, 7) is 2.86. The number of carbonyl (C=O) groups excluding carboxylic acids is 1. The standard InChI is InChI=1S/C21H23N3O7/c1-21(30-9-10-31-21)12-20(25)23-22-13-16-5-8-18(19(11-16)28-2)29-14-15-3-6-17(7-4-15)24(26)27/h3-8,11,13H,9-10,12,14H2,1-2H3,(H,23,25)/b22-13-. The third-order valence-corrected chi connectivity index (χ3v) is 4.51. The van der Waals surface area contributed by atoms with Crippen LogP contribution in [0.25, 0.3) is 0 Å². The Morgan fingerprint density at radius 2 is 1.94 bits per heavy atom. The molecule has 0 aliphatic carbocycles. The van der Waals surface area contributed by atoms with E-state index in [4.69, 9.17) is 18.9 Å². The molecule has 2 aromatic carbocycles. The lowest BCUT2D eigenvalue weighted by Gasteiger charge is -2.20. The van der Waals surface area contributed by atoms with Gasteiger partial charge in [-0.15, -0.1) is 0 Å². The van der Waals surface area contributed by atoms with Gasteiger partial charge in [0.1, 0.15) is 6.61 Å². The highest BCUT2D eigenvalue weighted by atomic mass is 16.7. The van der Waals surface area contributed by atoms with Gasteiger partial charge in [-0.1, -0.05) is 0 Å². The average molecular weight is 429 g/mol. The number of ether oxygens (including phenoxy) is 4. The Hall–Kier alpha value is -3.50. The van der Waals surface area contributed by atoms with Gasteiger partial charge in [0.2, 0.25) is 5.91 Å². The summed E-state index contributed by atoms with van der Waals surface area (Å²) in [6, 6.07) is 11.3. The van der Waals surface area contributed by atoms with Crippen molar-refractivity contribution in [1.29, 1.82) is 0 Å². The Bertz CT molecular complexity index is 954. The summed E-state index contributed by atoms with van der Waals surface area (Å²) >= 11 is 0. The lowest BCUT2D eigenvalue weighted by atomic mass is 10.2. The van der Waals surface area contributed by atoms with Crippen molar-refractivity contribution in [3.8, 4) is 11.5 Å². The first kappa shape index (κ1) is 22.2. The maximum Gasteiger partial charge on any atom is 0.269 e. The molecule has 0 unspecified atom stereocenters. The molecule has 2 aromatic rings. The van der Waals surface area contributed by atoms with Gasteiger partial charge < -0.3 is 18.9 Å². The highest BCUT2D eigenvalue weighted by Crippen LogP contribution is 2.28. The summed E-state index contributed by atoms with van der Waals surface area (Å²) in [6.07, 6.45) is 1.53. The number of hydrogen-bond donors (Lipinski definition) is 1. The molecule has 3 rings (SSSR count). The van der Waals surface area contributed by atoms with Crippen LogP contribution in [0.2, 0.25) is 0 Å². The van der Waals surface area contributed by atoms with Crippen molar-refractivity contribution in [1.82, 2.24) is 5.43 Å². The lowest BCUT2D eigenvalue weighted by molar-refractivity contribution is -0.384. The number of hydrogen-bond acceptors (Lipinski definition) is 8. The van der Waals surface area contributed by atoms with E-state index in [1.165, 1.54) is 25.5 Å². The molecule has 1 aliphatic rings. The Labute approximate surface area is 178 Å². The number of non-ortho nitro benzene ring substituents is 1. The Morgan fingerprint density at radius 1 is 1.23 bits per heavy atom. The summed E-state index contributed by atoms with van der Waals surface area (Å²) in [5, 5.41) is 14.7. The van der Waals surface area contributed by atoms with Crippen molar-refractivity contribution in [3.63, 3.8) is 0 Å². The van der Waals surface area contributed by atoms with Crippen LogP contribution in [0.15, 0.2) is 47.6 Å². The zero-order chi connectivity index (χ0) is 22.3. The second-order valence-electron chi connectivity index (χ2n) is 6.92. The minimum absolute atomic E-state index is 0.0226. The summed E-state index contributed by atoms with van der Waals surface area (Å²) in [7, 11) is 1.51. The molecular weight excluding hydrogens is 406 g/mol. The van der Waals surface area contributed by atoms with Gasteiger partial charge in [-0.25, -0.2) is 5.43 Å². The van der Waals surface area contributed by atoms with Crippen molar-refractivity contribution in [3.05, 3.63) is 63.7 Å². The van der Waals surface area contributed by atoms with Crippen LogP contribution < -0.4 is 14.9 Å². The van der Waals surface area contributed by atoms with E-state index in [-0.39, 0.29) is 24.6 Å². The first-order valence-electron chi connectivity index (χ1n) is 9.52. The van der Waals surface area contributed by atoms with Crippen LogP contribution in [-0.2, 0) is 20.9 Å². The number of carbonyl (C=O) groups is 1. The highest BCUT2D eigenvalue weighted by Gasteiger charge is 2.33. The molecule has 10 heteroatoms. The van der Waals surface area contributed by atoms with Gasteiger partial charge in [0.25, 0.3) is 5.69 Å². The predicted octanol–water partition coefficient (Wildman–Crippen LogP) is 2.79. The van der Waals surface area contributed by atoms with Gasteiger partial charge in [0, 0.05) is 12.1 Å². The molecule has 1 fully saturated rings. The lowest BCUT2D eigenvalue weighted by Crippen LogP contribution is -2.33. The third-order valence-electron chi connectivity index (χ3n) is 4.51. The molecule has 0 aromatic heterocycles. The molecule has 0 spiro atoms. The number of rotatable bonds is 9. The number of nitro benzene ring substituents is 1. The molecule has 1 N–H and O–H groups in total. The van der Waals surface area contributed by atoms with Crippen LogP contribution in [0.1, 0.15) is 24.5 Å². The van der Waals surface area contributed by atoms with Gasteiger partial charge in [0.15, 0.2) is 17.3 Å². The maximum absolute atomic E-state index is 12.0. The van der Waals surface area contributed by atoms with Crippen LogP contribution in [0.4, 0.5) is 5.69 Å². The molecule has 10 nitrogen and oxygen atoms in total. The smallest absolute Gasteiger partial charge is 0.269 e. The van der Waals surface area contributed by atoms with Crippen molar-refractivity contribution in [2.75, 3.05) is 20.3 Å². The number of nitrogens with zero attached hydrogens (tertiary/aromatic N) is 2. The monoisotopic (exact) mass is 429 g/mol. The molecule has 1 heterocycles. The third kappa shape index (κ3) is 6.24. The fraction of sp³-hybridized carbons (Fsp3) is 0.333. The van der Waals surface area contributed by atoms with Crippen molar-refractivity contribution in [2.45, 2.75) is 25.7 Å². The predicted molar refractivity (Wildman–Crippen MR) is 111 cm³/mol. The van der Waals surface area contributed by atoms with Crippen molar-refractivity contribution < 1.29 is 28.7 Å². The topological polar surface area (TPSA) is 122 Å². The number of benzene rings is 2. The first-order valence-corrected chi connectivity index (χ1v) is 9.52. The van der Waals surface area contributed by atoms with Crippen LogP contribution in [-0.4, -0.2) is 43.2 Å². The summed E-state index contributed by atoms with van der Waals surface area (Å²) in [5.74, 6) is -0.246. The number of nitro groups is 1. The minimum atomic E-state index is -0.911. The van der Waals surface area contributed by atoms with E-state index in [0.717, 1.165) is 5.56 Å². The molecule has 0 atom stereocenters. The highest BCUT2D eigenvalue weighted by molar-refractivity contribution is 5.83. The van der Waals surface area contributed by atoms with Crippen LogP contribution >= 0.6 is 0 Å². The maximum atomic E-state index is 12.0. The van der Waals surface area contributed by atoms with E-state index in [0.29, 0.717) is 30.3 Å². The molecule has 164 valence electrons. The number of methoxy groups -OCH3 is 1. The molecule has 0 bridgehead atoms. The normalized spacial score (nSPS) is 15.0. The summed E-state index contributed by atoms with van der Waals surface area (Å²) in [4.78, 5) is 22.3. The zero-order valence-corrected chi connectivity index (χ0v) is 17.2. The number of hydrazone groups is 1. The fourth-order valence-corrected chi connectivity index (χ4v) is 2.93. The van der Waals surface area contributed by atoms with Gasteiger partial charge in [-0.3, -0.25) is 14.9 Å². The molecule has 1 saturated heterocycles. The van der Waals surface area contributed by atoms with Gasteiger partial charge >= 0.3 is 0 Å². The molecule has 0 radical (unpaired) electrons. The van der Waals surface area contributed by atoms with E-state index in [9.17, 15) is 14.9 Å². The van der Waals surface area contributed by atoms with Crippen molar-refractivity contribution >= 4 is 17.8 Å². The largest absolute Gasteiger partial charge is 0.493 e. The Kier molecular flexibility index (Phi) is 7.16. The summed E-state index contributed by atoms with van der Waals surface area (Å²) in [5.41, 5.74) is 3.94. The van der Waals surface area contributed by atoms with E-state index in [2.05, 4.69) is 10.5 Å². The minimum Gasteiger partial charge on any atom is -0.493 e. The molecular formula is C21H23N3O7. The van der Waals surface area contributed by atoms with Crippen LogP contribution in [0, 0.1) is 10.1 Å². The van der Waals surface area contributed by atoms with Crippen LogP contribution in [0.5, 0.6) is 11.5 Å². The van der Waals surface area contributed by atoms with E-state index in [1.54, 1.807) is 37.3 Å².